The normalized spacial score (nSPS) is 11.9. The van der Waals surface area contributed by atoms with Gasteiger partial charge in [-0.25, -0.2) is 4.98 Å². The van der Waals surface area contributed by atoms with Gasteiger partial charge in [-0.05, 0) is 42.7 Å². The van der Waals surface area contributed by atoms with Gasteiger partial charge in [0.05, 0.1) is 11.4 Å². The third kappa shape index (κ3) is 2.81. The molecule has 3 aromatic rings. The lowest BCUT2D eigenvalue weighted by Crippen LogP contribution is -1.87. The van der Waals surface area contributed by atoms with E-state index in [0.717, 1.165) is 27.3 Å². The molecule has 0 saturated carbocycles. The summed E-state index contributed by atoms with van der Waals surface area (Å²) >= 11 is 3.52. The lowest BCUT2D eigenvalue weighted by molar-refractivity contribution is 0.831. The SMILES string of the molecule is Cc1ccc(N=Nc2c(C(C)C)nc3ccccn23)cc1Br. The van der Waals surface area contributed by atoms with Crippen molar-refractivity contribution in [2.45, 2.75) is 26.7 Å². The molecule has 2 heterocycles. The first-order chi connectivity index (χ1) is 10.6. The van der Waals surface area contributed by atoms with Gasteiger partial charge in [-0.1, -0.05) is 41.9 Å². The van der Waals surface area contributed by atoms with Crippen molar-refractivity contribution in [3.8, 4) is 0 Å². The number of aryl methyl sites for hydroxylation is 1. The van der Waals surface area contributed by atoms with E-state index in [1.54, 1.807) is 0 Å². The molecule has 0 spiro atoms. The lowest BCUT2D eigenvalue weighted by atomic mass is 10.1. The maximum atomic E-state index is 4.66. The Kier molecular flexibility index (Phi) is 4.07. The van der Waals surface area contributed by atoms with Crippen LogP contribution in [-0.4, -0.2) is 9.38 Å². The van der Waals surface area contributed by atoms with Crippen LogP contribution in [0.1, 0.15) is 31.0 Å². The van der Waals surface area contributed by atoms with Crippen molar-refractivity contribution in [1.82, 2.24) is 9.38 Å². The molecule has 0 saturated heterocycles. The van der Waals surface area contributed by atoms with Gasteiger partial charge in [0.2, 0.25) is 0 Å². The molecule has 22 heavy (non-hydrogen) atoms. The Morgan fingerprint density at radius 3 is 2.68 bits per heavy atom. The van der Waals surface area contributed by atoms with Crippen LogP contribution < -0.4 is 0 Å². The number of hydrogen-bond donors (Lipinski definition) is 0. The first-order valence-electron chi connectivity index (χ1n) is 7.21. The highest BCUT2D eigenvalue weighted by Gasteiger charge is 2.14. The average molecular weight is 357 g/mol. The van der Waals surface area contributed by atoms with Crippen LogP contribution in [0.15, 0.2) is 57.3 Å². The Morgan fingerprint density at radius 2 is 1.95 bits per heavy atom. The van der Waals surface area contributed by atoms with Crippen LogP contribution in [-0.2, 0) is 0 Å². The summed E-state index contributed by atoms with van der Waals surface area (Å²) in [6, 6.07) is 11.9. The van der Waals surface area contributed by atoms with E-state index in [4.69, 9.17) is 0 Å². The van der Waals surface area contributed by atoms with Gasteiger partial charge in [-0.3, -0.25) is 4.40 Å². The summed E-state index contributed by atoms with van der Waals surface area (Å²) in [5.74, 6) is 1.08. The number of fused-ring (bicyclic) bond motifs is 1. The fourth-order valence-electron chi connectivity index (χ4n) is 2.24. The predicted octanol–water partition coefficient (Wildman–Crippen LogP) is 5.94. The Balaban J connectivity index is 2.07. The Hall–Kier alpha value is -2.01. The summed E-state index contributed by atoms with van der Waals surface area (Å²) in [6.45, 7) is 6.28. The van der Waals surface area contributed by atoms with E-state index >= 15 is 0 Å². The van der Waals surface area contributed by atoms with E-state index in [1.165, 1.54) is 5.56 Å². The lowest BCUT2D eigenvalue weighted by Gasteiger charge is -2.02. The number of aromatic nitrogens is 2. The van der Waals surface area contributed by atoms with E-state index < -0.39 is 0 Å². The Morgan fingerprint density at radius 1 is 1.14 bits per heavy atom. The molecule has 0 aliphatic heterocycles. The number of nitrogens with zero attached hydrogens (tertiary/aromatic N) is 4. The minimum atomic E-state index is 0.290. The molecule has 2 aromatic heterocycles. The van der Waals surface area contributed by atoms with Crippen molar-refractivity contribution in [1.29, 1.82) is 0 Å². The van der Waals surface area contributed by atoms with Crippen LogP contribution in [0.25, 0.3) is 5.65 Å². The van der Waals surface area contributed by atoms with E-state index in [-0.39, 0.29) is 0 Å². The van der Waals surface area contributed by atoms with E-state index in [0.29, 0.717) is 5.92 Å². The third-order valence-electron chi connectivity index (χ3n) is 3.49. The van der Waals surface area contributed by atoms with Crippen molar-refractivity contribution in [2.75, 3.05) is 0 Å². The molecular formula is C17H17BrN4. The smallest absolute Gasteiger partial charge is 0.183 e. The quantitative estimate of drug-likeness (QED) is 0.535. The molecule has 4 nitrogen and oxygen atoms in total. The molecule has 0 unspecified atom stereocenters. The number of rotatable bonds is 3. The molecule has 0 aliphatic rings. The minimum absolute atomic E-state index is 0.290. The van der Waals surface area contributed by atoms with E-state index in [2.05, 4.69) is 45.0 Å². The molecule has 0 radical (unpaired) electrons. The zero-order valence-electron chi connectivity index (χ0n) is 12.8. The first-order valence-corrected chi connectivity index (χ1v) is 8.00. The van der Waals surface area contributed by atoms with Crippen molar-refractivity contribution >= 4 is 33.1 Å². The summed E-state index contributed by atoms with van der Waals surface area (Å²) < 4.78 is 3.01. The second-order valence-corrected chi connectivity index (χ2v) is 6.39. The summed E-state index contributed by atoms with van der Waals surface area (Å²) in [7, 11) is 0. The van der Waals surface area contributed by atoms with Crippen molar-refractivity contribution in [2.24, 2.45) is 10.2 Å². The topological polar surface area (TPSA) is 42.0 Å². The van der Waals surface area contributed by atoms with Gasteiger partial charge in [0.25, 0.3) is 0 Å². The zero-order valence-corrected chi connectivity index (χ0v) is 14.4. The van der Waals surface area contributed by atoms with Crippen LogP contribution in [0.3, 0.4) is 0 Å². The molecule has 0 aliphatic carbocycles. The molecule has 5 heteroatoms. The fraction of sp³-hybridized carbons (Fsp3) is 0.235. The molecule has 0 atom stereocenters. The van der Waals surface area contributed by atoms with Gasteiger partial charge < -0.3 is 0 Å². The Bertz CT molecular complexity index is 849. The van der Waals surface area contributed by atoms with Crippen LogP contribution in [0.4, 0.5) is 11.5 Å². The predicted molar refractivity (Wildman–Crippen MR) is 92.3 cm³/mol. The number of benzene rings is 1. The van der Waals surface area contributed by atoms with Gasteiger partial charge in [0.1, 0.15) is 5.65 Å². The molecule has 1 aromatic carbocycles. The monoisotopic (exact) mass is 356 g/mol. The molecule has 0 N–H and O–H groups in total. The van der Waals surface area contributed by atoms with Gasteiger partial charge in [-0.15, -0.1) is 10.2 Å². The minimum Gasteiger partial charge on any atom is -0.283 e. The van der Waals surface area contributed by atoms with Crippen LogP contribution in [0.2, 0.25) is 0 Å². The second kappa shape index (κ2) is 6.01. The van der Waals surface area contributed by atoms with Crippen LogP contribution in [0.5, 0.6) is 0 Å². The van der Waals surface area contributed by atoms with Crippen LogP contribution in [0, 0.1) is 6.92 Å². The number of imidazole rings is 1. The van der Waals surface area contributed by atoms with Crippen molar-refractivity contribution in [3.05, 3.63) is 58.3 Å². The highest BCUT2D eigenvalue weighted by molar-refractivity contribution is 9.10. The number of halogens is 1. The highest BCUT2D eigenvalue weighted by Crippen LogP contribution is 2.30. The second-order valence-electron chi connectivity index (χ2n) is 5.54. The van der Waals surface area contributed by atoms with Crippen molar-refractivity contribution < 1.29 is 0 Å². The molecule has 3 rings (SSSR count). The highest BCUT2D eigenvalue weighted by atomic mass is 79.9. The summed E-state index contributed by atoms with van der Waals surface area (Å²) in [5.41, 5.74) is 3.85. The average Bonchev–Trinajstić information content (AvgIpc) is 2.87. The maximum Gasteiger partial charge on any atom is 0.183 e. The maximum absolute atomic E-state index is 4.66. The van der Waals surface area contributed by atoms with Gasteiger partial charge >= 0.3 is 0 Å². The standard InChI is InChI=1S/C17H17BrN4/c1-11(2)16-17(22-9-5-4-6-15(22)19-16)21-20-13-8-7-12(3)14(18)10-13/h4-11H,1-3H3. The molecule has 0 bridgehead atoms. The zero-order chi connectivity index (χ0) is 15.7. The molecule has 112 valence electrons. The van der Waals surface area contributed by atoms with E-state index in [9.17, 15) is 0 Å². The van der Waals surface area contributed by atoms with Crippen LogP contribution >= 0.6 is 15.9 Å². The van der Waals surface area contributed by atoms with Gasteiger partial charge in [-0.2, -0.15) is 0 Å². The largest absolute Gasteiger partial charge is 0.283 e. The van der Waals surface area contributed by atoms with Crippen molar-refractivity contribution in [3.63, 3.8) is 0 Å². The third-order valence-corrected chi connectivity index (χ3v) is 4.35. The molecule has 0 amide bonds. The molecule has 0 fully saturated rings. The summed E-state index contributed by atoms with van der Waals surface area (Å²) in [6.07, 6.45) is 1.97. The molecular weight excluding hydrogens is 340 g/mol. The van der Waals surface area contributed by atoms with Gasteiger partial charge in [0, 0.05) is 10.7 Å². The van der Waals surface area contributed by atoms with Gasteiger partial charge in [0.15, 0.2) is 5.82 Å². The first kappa shape index (κ1) is 14.9. The fourth-order valence-corrected chi connectivity index (χ4v) is 2.60. The number of hydrogen-bond acceptors (Lipinski definition) is 3. The summed E-state index contributed by atoms with van der Waals surface area (Å²) in [5, 5.41) is 8.84. The number of pyridine rings is 1. The Labute approximate surface area is 138 Å². The number of azo groups is 1. The summed E-state index contributed by atoms with van der Waals surface area (Å²) in [4.78, 5) is 4.66. The van der Waals surface area contributed by atoms with E-state index in [1.807, 2.05) is 53.9 Å².